The van der Waals surface area contributed by atoms with Crippen molar-refractivity contribution in [2.45, 2.75) is 19.8 Å². The zero-order chi connectivity index (χ0) is 15.0. The van der Waals surface area contributed by atoms with Crippen LogP contribution in [-0.4, -0.2) is 16.1 Å². The molecule has 0 amide bonds. The molecule has 0 saturated carbocycles. The van der Waals surface area contributed by atoms with E-state index in [0.29, 0.717) is 11.5 Å². The van der Waals surface area contributed by atoms with Crippen LogP contribution < -0.4 is 0 Å². The van der Waals surface area contributed by atoms with Crippen LogP contribution >= 0.6 is 0 Å². The summed E-state index contributed by atoms with van der Waals surface area (Å²) in [6, 6.07) is 14.3. The van der Waals surface area contributed by atoms with E-state index < -0.39 is 5.97 Å². The molecular formula is C18H17NO2. The van der Waals surface area contributed by atoms with Gasteiger partial charge in [0.05, 0.1) is 5.56 Å². The Morgan fingerprint density at radius 3 is 2.33 bits per heavy atom. The zero-order valence-electron chi connectivity index (χ0n) is 12.1. The normalized spacial score (nSPS) is 11.2. The Morgan fingerprint density at radius 2 is 1.71 bits per heavy atom. The molecule has 0 fully saturated rings. The Kier molecular flexibility index (Phi) is 3.26. The maximum absolute atomic E-state index is 11.2. The van der Waals surface area contributed by atoms with Crippen LogP contribution in [0.1, 0.15) is 35.7 Å². The fourth-order valence-corrected chi connectivity index (χ4v) is 2.54. The molecule has 2 N–H and O–H groups in total. The number of aromatic carboxylic acids is 1. The highest BCUT2D eigenvalue weighted by Gasteiger charge is 2.11. The Morgan fingerprint density at radius 1 is 1.05 bits per heavy atom. The summed E-state index contributed by atoms with van der Waals surface area (Å²) in [5.41, 5.74) is 4.58. The molecule has 0 saturated heterocycles. The fraction of sp³-hybridized carbons (Fsp3) is 0.167. The number of hydrogen-bond acceptors (Lipinski definition) is 1. The largest absolute Gasteiger partial charge is 0.478 e. The van der Waals surface area contributed by atoms with Crippen molar-refractivity contribution in [3.63, 3.8) is 0 Å². The van der Waals surface area contributed by atoms with Crippen LogP contribution in [-0.2, 0) is 0 Å². The van der Waals surface area contributed by atoms with E-state index >= 15 is 0 Å². The number of aromatic nitrogens is 1. The smallest absolute Gasteiger partial charge is 0.337 e. The number of H-pyrrole nitrogens is 1. The van der Waals surface area contributed by atoms with Crippen LogP contribution in [0.4, 0.5) is 0 Å². The topological polar surface area (TPSA) is 53.1 Å². The van der Waals surface area contributed by atoms with Gasteiger partial charge in [-0.2, -0.15) is 0 Å². The van der Waals surface area contributed by atoms with Gasteiger partial charge in [0.25, 0.3) is 0 Å². The van der Waals surface area contributed by atoms with E-state index in [1.54, 1.807) is 6.20 Å². The first-order chi connectivity index (χ1) is 10.1. The SMILES string of the molecule is CC(C)c1ccc(-c2ccc3[nH]cc(C(=O)O)c3c2)cc1. The van der Waals surface area contributed by atoms with E-state index in [1.807, 2.05) is 18.2 Å². The number of rotatable bonds is 3. The number of carboxylic acids is 1. The molecule has 0 aliphatic heterocycles. The minimum atomic E-state index is -0.909. The average molecular weight is 279 g/mol. The Balaban J connectivity index is 2.07. The standard InChI is InChI=1S/C18H17NO2/c1-11(2)12-3-5-13(6-4-12)14-7-8-17-15(9-14)16(10-19-17)18(20)21/h3-11,19H,1-2H3,(H,20,21). The van der Waals surface area contributed by atoms with Gasteiger partial charge in [0.1, 0.15) is 0 Å². The molecule has 106 valence electrons. The van der Waals surface area contributed by atoms with Crippen LogP contribution in [0, 0.1) is 0 Å². The Bertz CT molecular complexity index is 798. The molecule has 3 aromatic rings. The van der Waals surface area contributed by atoms with Gasteiger partial charge >= 0.3 is 5.97 Å². The molecule has 0 spiro atoms. The summed E-state index contributed by atoms with van der Waals surface area (Å²) < 4.78 is 0. The lowest BCUT2D eigenvalue weighted by atomic mass is 9.98. The summed E-state index contributed by atoms with van der Waals surface area (Å²) >= 11 is 0. The summed E-state index contributed by atoms with van der Waals surface area (Å²) in [7, 11) is 0. The first-order valence-corrected chi connectivity index (χ1v) is 7.01. The van der Waals surface area contributed by atoms with Crippen molar-refractivity contribution in [3.8, 4) is 11.1 Å². The van der Waals surface area contributed by atoms with Gasteiger partial charge < -0.3 is 10.1 Å². The van der Waals surface area contributed by atoms with Crippen LogP contribution in [0.25, 0.3) is 22.0 Å². The van der Waals surface area contributed by atoms with Crippen LogP contribution in [0.3, 0.4) is 0 Å². The van der Waals surface area contributed by atoms with Crippen molar-refractivity contribution in [2.24, 2.45) is 0 Å². The van der Waals surface area contributed by atoms with Crippen molar-refractivity contribution in [3.05, 3.63) is 59.8 Å². The zero-order valence-corrected chi connectivity index (χ0v) is 12.1. The minimum Gasteiger partial charge on any atom is -0.478 e. The molecule has 0 atom stereocenters. The summed E-state index contributed by atoms with van der Waals surface area (Å²) in [4.78, 5) is 14.2. The maximum Gasteiger partial charge on any atom is 0.337 e. The predicted molar refractivity (Wildman–Crippen MR) is 84.8 cm³/mol. The van der Waals surface area contributed by atoms with Gasteiger partial charge in [0.15, 0.2) is 0 Å². The van der Waals surface area contributed by atoms with Crippen LogP contribution in [0.2, 0.25) is 0 Å². The quantitative estimate of drug-likeness (QED) is 0.732. The number of hydrogen-bond donors (Lipinski definition) is 2. The molecule has 21 heavy (non-hydrogen) atoms. The number of carboxylic acid groups (broad SMARTS) is 1. The second-order valence-corrected chi connectivity index (χ2v) is 5.54. The van der Waals surface area contributed by atoms with Crippen molar-refractivity contribution < 1.29 is 9.90 Å². The highest BCUT2D eigenvalue weighted by molar-refractivity contribution is 6.04. The second kappa shape index (κ2) is 5.09. The van der Waals surface area contributed by atoms with Gasteiger partial charge in [-0.15, -0.1) is 0 Å². The average Bonchev–Trinajstić information content (AvgIpc) is 2.90. The lowest BCUT2D eigenvalue weighted by Crippen LogP contribution is -1.93. The van der Waals surface area contributed by atoms with Crippen molar-refractivity contribution >= 4 is 16.9 Å². The molecule has 3 nitrogen and oxygen atoms in total. The van der Waals surface area contributed by atoms with E-state index in [0.717, 1.165) is 22.0 Å². The molecule has 0 radical (unpaired) electrons. The molecule has 1 heterocycles. The summed E-state index contributed by atoms with van der Waals surface area (Å²) in [6.45, 7) is 4.33. The van der Waals surface area contributed by atoms with Gasteiger partial charge in [0, 0.05) is 17.1 Å². The van der Waals surface area contributed by atoms with E-state index in [2.05, 4.69) is 43.1 Å². The number of benzene rings is 2. The molecule has 3 heteroatoms. The summed E-state index contributed by atoms with van der Waals surface area (Å²) in [5.74, 6) is -0.404. The molecule has 0 unspecified atom stereocenters. The number of nitrogens with one attached hydrogen (secondary N) is 1. The number of aromatic amines is 1. The van der Waals surface area contributed by atoms with Gasteiger partial charge in [0.2, 0.25) is 0 Å². The highest BCUT2D eigenvalue weighted by atomic mass is 16.4. The molecular weight excluding hydrogens is 262 g/mol. The molecule has 0 aliphatic carbocycles. The van der Waals surface area contributed by atoms with E-state index in [9.17, 15) is 9.90 Å². The fourth-order valence-electron chi connectivity index (χ4n) is 2.54. The Labute approximate surface area is 123 Å². The molecule has 0 bridgehead atoms. The van der Waals surface area contributed by atoms with Crippen LogP contribution in [0.15, 0.2) is 48.7 Å². The third-order valence-corrected chi connectivity index (χ3v) is 3.82. The van der Waals surface area contributed by atoms with Gasteiger partial charge in [-0.1, -0.05) is 44.2 Å². The van der Waals surface area contributed by atoms with E-state index in [4.69, 9.17) is 0 Å². The highest BCUT2D eigenvalue weighted by Crippen LogP contribution is 2.27. The minimum absolute atomic E-state index is 0.311. The lowest BCUT2D eigenvalue weighted by molar-refractivity contribution is 0.0699. The van der Waals surface area contributed by atoms with E-state index in [1.165, 1.54) is 5.56 Å². The van der Waals surface area contributed by atoms with Crippen LogP contribution in [0.5, 0.6) is 0 Å². The van der Waals surface area contributed by atoms with Crippen molar-refractivity contribution in [2.75, 3.05) is 0 Å². The summed E-state index contributed by atoms with van der Waals surface area (Å²) in [6.07, 6.45) is 1.54. The van der Waals surface area contributed by atoms with Gasteiger partial charge in [-0.05, 0) is 34.7 Å². The third-order valence-electron chi connectivity index (χ3n) is 3.82. The predicted octanol–water partition coefficient (Wildman–Crippen LogP) is 4.66. The Hall–Kier alpha value is -2.55. The lowest BCUT2D eigenvalue weighted by Gasteiger charge is -2.07. The monoisotopic (exact) mass is 279 g/mol. The molecule has 1 aromatic heterocycles. The maximum atomic E-state index is 11.2. The number of carbonyl (C=O) groups is 1. The molecule has 0 aliphatic rings. The van der Waals surface area contributed by atoms with Crippen molar-refractivity contribution in [1.29, 1.82) is 0 Å². The van der Waals surface area contributed by atoms with Gasteiger partial charge in [-0.25, -0.2) is 4.79 Å². The second-order valence-electron chi connectivity index (χ2n) is 5.54. The van der Waals surface area contributed by atoms with Gasteiger partial charge in [-0.3, -0.25) is 0 Å². The summed E-state index contributed by atoms with van der Waals surface area (Å²) in [5, 5.41) is 9.95. The third kappa shape index (κ3) is 2.42. The molecule has 3 rings (SSSR count). The molecule has 2 aromatic carbocycles. The van der Waals surface area contributed by atoms with Crippen molar-refractivity contribution in [1.82, 2.24) is 4.98 Å². The van der Waals surface area contributed by atoms with E-state index in [-0.39, 0.29) is 0 Å². The first kappa shape index (κ1) is 13.4. The number of fused-ring (bicyclic) bond motifs is 1. The first-order valence-electron chi connectivity index (χ1n) is 7.01.